The molecule has 3 aromatic carbocycles. The van der Waals surface area contributed by atoms with Gasteiger partial charge in [0.1, 0.15) is 5.75 Å². The van der Waals surface area contributed by atoms with Crippen molar-refractivity contribution in [2.24, 2.45) is 0 Å². The SMILES string of the molecule is CCCCOc1ccc2ccccc2c1[C@H]1N(C(C)=O)c2ccccc2-c2c(=O)[nH]c(SCCCC)n[n+]21. The summed E-state index contributed by atoms with van der Waals surface area (Å²) in [4.78, 5) is 31.8. The molecule has 5 rings (SSSR count). The van der Waals surface area contributed by atoms with Gasteiger partial charge in [0, 0.05) is 17.8 Å². The van der Waals surface area contributed by atoms with Crippen LogP contribution in [0, 0.1) is 0 Å². The van der Waals surface area contributed by atoms with Gasteiger partial charge >= 0.3 is 11.3 Å². The number of ether oxygens (including phenoxy) is 1. The predicted octanol–water partition coefficient (Wildman–Crippen LogP) is 5.86. The van der Waals surface area contributed by atoms with E-state index in [4.69, 9.17) is 9.84 Å². The first-order valence-corrected chi connectivity index (χ1v) is 14.3. The van der Waals surface area contributed by atoms with Crippen LogP contribution in [0.4, 0.5) is 5.69 Å². The maximum absolute atomic E-state index is 13.6. The van der Waals surface area contributed by atoms with Crippen LogP contribution in [-0.4, -0.2) is 28.3 Å². The van der Waals surface area contributed by atoms with Gasteiger partial charge in [0.2, 0.25) is 11.1 Å². The fourth-order valence-corrected chi connectivity index (χ4v) is 5.88. The monoisotopic (exact) mass is 529 g/mol. The van der Waals surface area contributed by atoms with Crippen LogP contribution in [0.15, 0.2) is 70.6 Å². The molecular weight excluding hydrogens is 496 g/mol. The fraction of sp³-hybridized carbons (Fsp3) is 0.333. The molecule has 4 aromatic rings. The summed E-state index contributed by atoms with van der Waals surface area (Å²) in [5.41, 5.74) is 2.36. The Morgan fingerprint density at radius 1 is 1.05 bits per heavy atom. The number of fused-ring (bicyclic) bond motifs is 4. The molecule has 38 heavy (non-hydrogen) atoms. The van der Waals surface area contributed by atoms with Gasteiger partial charge in [-0.3, -0.25) is 14.6 Å². The molecule has 2 heterocycles. The van der Waals surface area contributed by atoms with Gasteiger partial charge in [0.15, 0.2) is 0 Å². The van der Waals surface area contributed by atoms with Crippen molar-refractivity contribution in [3.63, 3.8) is 0 Å². The lowest BCUT2D eigenvalue weighted by Crippen LogP contribution is -2.60. The molecule has 7 nitrogen and oxygen atoms in total. The highest BCUT2D eigenvalue weighted by atomic mass is 32.2. The van der Waals surface area contributed by atoms with Gasteiger partial charge in [0.25, 0.3) is 6.17 Å². The molecule has 8 heteroatoms. The van der Waals surface area contributed by atoms with E-state index in [-0.39, 0.29) is 11.5 Å². The molecule has 0 saturated carbocycles. The van der Waals surface area contributed by atoms with Crippen LogP contribution in [0.25, 0.3) is 22.0 Å². The number of benzene rings is 3. The van der Waals surface area contributed by atoms with Crippen molar-refractivity contribution < 1.29 is 14.2 Å². The maximum Gasteiger partial charge on any atom is 0.325 e. The van der Waals surface area contributed by atoms with Crippen molar-refractivity contribution in [1.82, 2.24) is 10.1 Å². The normalized spacial score (nSPS) is 14.3. The summed E-state index contributed by atoms with van der Waals surface area (Å²) in [5.74, 6) is 1.39. The summed E-state index contributed by atoms with van der Waals surface area (Å²) in [6.45, 7) is 6.38. The molecule has 1 aromatic heterocycles. The molecule has 1 amide bonds. The molecule has 0 aliphatic carbocycles. The molecule has 1 aliphatic heterocycles. The number of nitrogens with one attached hydrogen (secondary N) is 1. The molecule has 0 fully saturated rings. The van der Waals surface area contributed by atoms with Crippen LogP contribution in [0.5, 0.6) is 5.75 Å². The summed E-state index contributed by atoms with van der Waals surface area (Å²) in [5, 5.41) is 7.47. The van der Waals surface area contributed by atoms with Gasteiger partial charge in [-0.15, -0.1) is 0 Å². The van der Waals surface area contributed by atoms with E-state index in [9.17, 15) is 9.59 Å². The van der Waals surface area contributed by atoms with Crippen molar-refractivity contribution in [1.29, 1.82) is 0 Å². The van der Waals surface area contributed by atoms with Crippen LogP contribution in [0.1, 0.15) is 58.2 Å². The number of carbonyl (C=O) groups excluding carboxylic acids is 1. The molecule has 196 valence electrons. The zero-order valence-electron chi connectivity index (χ0n) is 22.1. The second kappa shape index (κ2) is 11.4. The largest absolute Gasteiger partial charge is 0.493 e. The van der Waals surface area contributed by atoms with E-state index in [1.54, 1.807) is 16.5 Å². The smallest absolute Gasteiger partial charge is 0.325 e. The van der Waals surface area contributed by atoms with Gasteiger partial charge in [-0.1, -0.05) is 80.9 Å². The molecule has 0 saturated heterocycles. The number of H-pyrrole nitrogens is 1. The third kappa shape index (κ3) is 4.80. The van der Waals surface area contributed by atoms with Crippen molar-refractivity contribution in [3.05, 3.63) is 76.6 Å². The minimum atomic E-state index is -0.701. The minimum absolute atomic E-state index is 0.143. The Bertz CT molecular complexity index is 1530. The summed E-state index contributed by atoms with van der Waals surface area (Å²) in [6.07, 6.45) is 3.29. The standard InChI is InChI=1S/C30H32N4O3S/c1-4-6-18-37-25-17-16-21-12-8-9-13-22(21)26(25)29-33(20(3)35)24-15-11-10-14-23(24)27-28(36)31-30(32-34(27)29)38-19-7-5-2/h8-17,29H,4-7,18-19H2,1-3H3/p+1/t29-/m0/s1. The molecule has 1 N–H and O–H groups in total. The number of nitrogens with zero attached hydrogens (tertiary/aromatic N) is 3. The van der Waals surface area contributed by atoms with E-state index in [1.165, 1.54) is 11.8 Å². The van der Waals surface area contributed by atoms with Gasteiger partial charge in [-0.05, 0) is 46.5 Å². The van der Waals surface area contributed by atoms with Crippen molar-refractivity contribution in [2.75, 3.05) is 17.3 Å². The highest BCUT2D eigenvalue weighted by molar-refractivity contribution is 7.99. The zero-order valence-corrected chi connectivity index (χ0v) is 22.9. The van der Waals surface area contributed by atoms with Crippen molar-refractivity contribution in [2.45, 2.75) is 57.8 Å². The molecule has 0 radical (unpaired) electrons. The second-order valence-electron chi connectivity index (χ2n) is 9.43. The lowest BCUT2D eigenvalue weighted by atomic mass is 9.96. The number of unbranched alkanes of at least 4 members (excludes halogenated alkanes) is 2. The minimum Gasteiger partial charge on any atom is -0.493 e. The molecule has 0 unspecified atom stereocenters. The van der Waals surface area contributed by atoms with E-state index >= 15 is 0 Å². The number of amides is 1. The molecule has 1 aliphatic rings. The number of aromatic nitrogens is 3. The third-order valence-corrected chi connectivity index (χ3v) is 7.73. The summed E-state index contributed by atoms with van der Waals surface area (Å²) < 4.78 is 8.07. The van der Waals surface area contributed by atoms with E-state index in [0.29, 0.717) is 34.5 Å². The fourth-order valence-electron chi connectivity index (χ4n) is 4.95. The Hall–Kier alpha value is -3.65. The van der Waals surface area contributed by atoms with Crippen molar-refractivity contribution in [3.8, 4) is 17.0 Å². The Morgan fingerprint density at radius 3 is 2.61 bits per heavy atom. The number of para-hydroxylation sites is 1. The second-order valence-corrected chi connectivity index (χ2v) is 10.5. The first-order chi connectivity index (χ1) is 18.5. The summed E-state index contributed by atoms with van der Waals surface area (Å²) in [6, 6.07) is 19.6. The highest BCUT2D eigenvalue weighted by Gasteiger charge is 2.46. The quantitative estimate of drug-likeness (QED) is 0.167. The van der Waals surface area contributed by atoms with E-state index in [2.05, 4.69) is 18.8 Å². The average Bonchev–Trinajstić information content (AvgIpc) is 2.92. The number of carbonyl (C=O) groups is 1. The van der Waals surface area contributed by atoms with Gasteiger partial charge < -0.3 is 4.74 Å². The number of hydrogen-bond donors (Lipinski definition) is 1. The molecule has 0 spiro atoms. The van der Waals surface area contributed by atoms with Crippen LogP contribution >= 0.6 is 11.8 Å². The highest BCUT2D eigenvalue weighted by Crippen LogP contribution is 2.42. The number of rotatable bonds is 9. The Kier molecular flexibility index (Phi) is 7.79. The van der Waals surface area contributed by atoms with Gasteiger partial charge in [0.05, 0.1) is 23.4 Å². The average molecular weight is 530 g/mol. The third-order valence-electron chi connectivity index (χ3n) is 6.78. The predicted molar refractivity (Wildman–Crippen MR) is 152 cm³/mol. The molecule has 0 bridgehead atoms. The number of thioether (sulfide) groups is 1. The van der Waals surface area contributed by atoms with E-state index < -0.39 is 6.17 Å². The first-order valence-electron chi connectivity index (χ1n) is 13.3. The molecule has 1 atom stereocenters. The van der Waals surface area contributed by atoms with E-state index in [1.807, 2.05) is 60.7 Å². The topological polar surface area (TPSA) is 79.2 Å². The number of hydrogen-bond acceptors (Lipinski definition) is 5. The number of anilines is 1. The van der Waals surface area contributed by atoms with Gasteiger partial charge in [-0.25, -0.2) is 4.90 Å². The summed E-state index contributed by atoms with van der Waals surface area (Å²) >= 11 is 1.52. The van der Waals surface area contributed by atoms with E-state index in [0.717, 1.165) is 47.8 Å². The zero-order chi connectivity index (χ0) is 26.6. The maximum atomic E-state index is 13.6. The lowest BCUT2D eigenvalue weighted by Gasteiger charge is -2.32. The van der Waals surface area contributed by atoms with Crippen molar-refractivity contribution >= 4 is 34.1 Å². The molecular formula is C30H33N4O3S+. The van der Waals surface area contributed by atoms with Crippen LogP contribution in [-0.2, 0) is 4.79 Å². The van der Waals surface area contributed by atoms with Gasteiger partial charge in [-0.2, -0.15) is 0 Å². The Balaban J connectivity index is 1.82. The Morgan fingerprint density at radius 2 is 1.82 bits per heavy atom. The lowest BCUT2D eigenvalue weighted by molar-refractivity contribution is -0.763. The van der Waals surface area contributed by atoms with Crippen LogP contribution < -0.4 is 19.9 Å². The van der Waals surface area contributed by atoms with Crippen LogP contribution in [0.2, 0.25) is 0 Å². The number of aromatic amines is 1. The van der Waals surface area contributed by atoms with Crippen LogP contribution in [0.3, 0.4) is 0 Å². The summed E-state index contributed by atoms with van der Waals surface area (Å²) in [7, 11) is 0. The first kappa shape index (κ1) is 26.0. The Labute approximate surface area is 226 Å².